The van der Waals surface area contributed by atoms with Crippen LogP contribution in [0.5, 0.6) is 0 Å². The lowest BCUT2D eigenvalue weighted by Crippen LogP contribution is -2.33. The van der Waals surface area contributed by atoms with Crippen LogP contribution in [0.2, 0.25) is 5.02 Å². The van der Waals surface area contributed by atoms with E-state index in [2.05, 4.69) is 10.3 Å². The zero-order valence-corrected chi connectivity index (χ0v) is 15.6. The Morgan fingerprint density at radius 2 is 2.08 bits per heavy atom. The molecule has 5 nitrogen and oxygen atoms in total. The number of aromatic nitrogens is 1. The first-order valence-electron chi connectivity index (χ1n) is 7.70. The van der Waals surface area contributed by atoms with Gasteiger partial charge in [0.25, 0.3) is 0 Å². The number of carbonyl (C=O) groups excluding carboxylic acids is 1. The number of nitrogens with zero attached hydrogens (tertiary/aromatic N) is 1. The molecule has 130 valence electrons. The van der Waals surface area contributed by atoms with Gasteiger partial charge in [-0.15, -0.1) is 11.3 Å². The van der Waals surface area contributed by atoms with Crippen molar-refractivity contribution in [1.29, 1.82) is 0 Å². The first-order chi connectivity index (χ1) is 11.4. The number of amides is 1. The largest absolute Gasteiger partial charge is 0.380 e. The van der Waals surface area contributed by atoms with Crippen LogP contribution in [0.1, 0.15) is 30.0 Å². The van der Waals surface area contributed by atoms with Gasteiger partial charge < -0.3 is 15.8 Å². The molecule has 0 radical (unpaired) electrons. The standard InChI is InChI=1S/C17H22ClN3O2S/c1-10(20-15(22)8-14(9-19)23-3)16-11(2)21-17(24-16)12-4-6-13(18)7-5-12/h4-7,10,14H,8-9,19H2,1-3H3,(H,20,22). The molecular weight excluding hydrogens is 346 g/mol. The van der Waals surface area contributed by atoms with Crippen molar-refractivity contribution < 1.29 is 9.53 Å². The monoisotopic (exact) mass is 367 g/mol. The molecule has 0 saturated heterocycles. The summed E-state index contributed by atoms with van der Waals surface area (Å²) in [7, 11) is 1.56. The number of hydrogen-bond acceptors (Lipinski definition) is 5. The number of nitrogens with one attached hydrogen (secondary N) is 1. The van der Waals surface area contributed by atoms with Crippen molar-refractivity contribution in [2.45, 2.75) is 32.4 Å². The van der Waals surface area contributed by atoms with Crippen LogP contribution in [0, 0.1) is 6.92 Å². The second kappa shape index (κ2) is 8.58. The molecule has 0 saturated carbocycles. The van der Waals surface area contributed by atoms with E-state index in [1.807, 2.05) is 38.1 Å². The van der Waals surface area contributed by atoms with Gasteiger partial charge in [-0.25, -0.2) is 4.98 Å². The van der Waals surface area contributed by atoms with Gasteiger partial charge in [-0.05, 0) is 26.0 Å². The van der Waals surface area contributed by atoms with Gasteiger partial charge >= 0.3 is 0 Å². The average Bonchev–Trinajstić information content (AvgIpc) is 2.95. The van der Waals surface area contributed by atoms with Gasteiger partial charge in [-0.1, -0.05) is 23.7 Å². The van der Waals surface area contributed by atoms with Crippen molar-refractivity contribution in [2.24, 2.45) is 5.73 Å². The summed E-state index contributed by atoms with van der Waals surface area (Å²) < 4.78 is 5.15. The molecule has 1 aromatic carbocycles. The first-order valence-corrected chi connectivity index (χ1v) is 8.89. The SMILES string of the molecule is COC(CN)CC(=O)NC(C)c1sc(-c2ccc(Cl)cc2)nc1C. The third-order valence-electron chi connectivity index (χ3n) is 3.70. The maximum absolute atomic E-state index is 12.1. The van der Waals surface area contributed by atoms with Gasteiger partial charge in [0.15, 0.2) is 0 Å². The third kappa shape index (κ3) is 4.77. The van der Waals surface area contributed by atoms with Crippen LogP contribution >= 0.6 is 22.9 Å². The predicted octanol–water partition coefficient (Wildman–Crippen LogP) is 3.31. The molecule has 1 aromatic heterocycles. The number of aryl methyl sites for hydroxylation is 1. The van der Waals surface area contributed by atoms with Gasteiger partial charge in [-0.2, -0.15) is 0 Å². The highest BCUT2D eigenvalue weighted by atomic mass is 35.5. The summed E-state index contributed by atoms with van der Waals surface area (Å²) in [6.07, 6.45) is -0.0106. The molecule has 2 unspecified atom stereocenters. The number of benzene rings is 1. The van der Waals surface area contributed by atoms with Crippen molar-refractivity contribution >= 4 is 28.8 Å². The van der Waals surface area contributed by atoms with Crippen LogP contribution < -0.4 is 11.1 Å². The Morgan fingerprint density at radius 1 is 1.42 bits per heavy atom. The maximum atomic E-state index is 12.1. The minimum absolute atomic E-state index is 0.0827. The molecule has 0 spiro atoms. The van der Waals surface area contributed by atoms with Gasteiger partial charge in [0.1, 0.15) is 5.01 Å². The molecule has 2 atom stereocenters. The minimum Gasteiger partial charge on any atom is -0.380 e. The smallest absolute Gasteiger partial charge is 0.223 e. The number of ether oxygens (including phenoxy) is 1. The topological polar surface area (TPSA) is 77.2 Å². The molecule has 1 heterocycles. The van der Waals surface area contributed by atoms with Crippen LogP contribution in [0.15, 0.2) is 24.3 Å². The summed E-state index contributed by atoms with van der Waals surface area (Å²) in [5, 5.41) is 4.59. The summed E-state index contributed by atoms with van der Waals surface area (Å²) in [6, 6.07) is 7.45. The fourth-order valence-electron chi connectivity index (χ4n) is 2.36. The number of halogens is 1. The van der Waals surface area contributed by atoms with E-state index in [0.29, 0.717) is 11.6 Å². The van der Waals surface area contributed by atoms with E-state index < -0.39 is 0 Å². The lowest BCUT2D eigenvalue weighted by Gasteiger charge is -2.16. The van der Waals surface area contributed by atoms with Crippen LogP contribution in [-0.4, -0.2) is 30.6 Å². The lowest BCUT2D eigenvalue weighted by atomic mass is 10.2. The number of methoxy groups -OCH3 is 1. The molecule has 7 heteroatoms. The molecule has 2 aromatic rings. The third-order valence-corrected chi connectivity index (χ3v) is 5.34. The van der Waals surface area contributed by atoms with E-state index in [1.165, 1.54) is 0 Å². The van der Waals surface area contributed by atoms with Crippen LogP contribution in [0.3, 0.4) is 0 Å². The summed E-state index contributed by atoms with van der Waals surface area (Å²) in [4.78, 5) is 17.8. The van der Waals surface area contributed by atoms with Crippen molar-refractivity contribution in [3.63, 3.8) is 0 Å². The number of carbonyl (C=O) groups is 1. The summed E-state index contributed by atoms with van der Waals surface area (Å²) >= 11 is 7.50. The summed E-state index contributed by atoms with van der Waals surface area (Å²) in [6.45, 7) is 4.22. The Bertz CT molecular complexity index is 684. The highest BCUT2D eigenvalue weighted by Crippen LogP contribution is 2.32. The van der Waals surface area contributed by atoms with Crippen LogP contribution in [-0.2, 0) is 9.53 Å². The van der Waals surface area contributed by atoms with Crippen molar-refractivity contribution in [3.05, 3.63) is 39.9 Å². The molecule has 0 aliphatic heterocycles. The minimum atomic E-state index is -0.260. The van der Waals surface area contributed by atoms with Gasteiger partial charge in [0, 0.05) is 24.2 Å². The van der Waals surface area contributed by atoms with E-state index in [0.717, 1.165) is 21.1 Å². The molecular formula is C17H22ClN3O2S. The average molecular weight is 368 g/mol. The summed E-state index contributed by atoms with van der Waals surface area (Å²) in [5.41, 5.74) is 7.48. The van der Waals surface area contributed by atoms with Crippen molar-refractivity contribution in [3.8, 4) is 10.6 Å². The van der Waals surface area contributed by atoms with Gasteiger partial charge in [0.05, 0.1) is 29.1 Å². The lowest BCUT2D eigenvalue weighted by molar-refractivity contribution is -0.124. The molecule has 2 rings (SSSR count). The maximum Gasteiger partial charge on any atom is 0.223 e. The fourth-order valence-corrected chi connectivity index (χ4v) is 3.56. The Morgan fingerprint density at radius 3 is 2.67 bits per heavy atom. The number of rotatable bonds is 7. The first kappa shape index (κ1) is 18.9. The van der Waals surface area contributed by atoms with E-state index in [9.17, 15) is 4.79 Å². The zero-order chi connectivity index (χ0) is 17.7. The normalized spacial score (nSPS) is 13.5. The second-order valence-corrected chi connectivity index (χ2v) is 7.03. The predicted molar refractivity (Wildman–Crippen MR) is 98.3 cm³/mol. The Balaban J connectivity index is 2.08. The fraction of sp³-hybridized carbons (Fsp3) is 0.412. The molecule has 3 N–H and O–H groups in total. The Kier molecular flexibility index (Phi) is 6.74. The van der Waals surface area contributed by atoms with Crippen molar-refractivity contribution in [1.82, 2.24) is 10.3 Å². The molecule has 0 aliphatic carbocycles. The zero-order valence-electron chi connectivity index (χ0n) is 14.0. The van der Waals surface area contributed by atoms with Crippen LogP contribution in [0.4, 0.5) is 0 Å². The number of hydrogen-bond donors (Lipinski definition) is 2. The number of thiazole rings is 1. The Labute approximate surface area is 151 Å². The van der Waals surface area contributed by atoms with Gasteiger partial charge in [-0.3, -0.25) is 4.79 Å². The highest BCUT2D eigenvalue weighted by Gasteiger charge is 2.19. The van der Waals surface area contributed by atoms with E-state index in [1.54, 1.807) is 18.4 Å². The van der Waals surface area contributed by atoms with Crippen molar-refractivity contribution in [2.75, 3.05) is 13.7 Å². The molecule has 0 aliphatic rings. The highest BCUT2D eigenvalue weighted by molar-refractivity contribution is 7.15. The molecule has 24 heavy (non-hydrogen) atoms. The van der Waals surface area contributed by atoms with E-state index in [4.69, 9.17) is 22.1 Å². The summed E-state index contributed by atoms with van der Waals surface area (Å²) in [5.74, 6) is -0.0827. The molecule has 0 bridgehead atoms. The molecule has 0 fully saturated rings. The Hall–Kier alpha value is -1.47. The van der Waals surface area contributed by atoms with Crippen LogP contribution in [0.25, 0.3) is 10.6 Å². The quantitative estimate of drug-likeness (QED) is 0.787. The second-order valence-electron chi connectivity index (χ2n) is 5.56. The van der Waals surface area contributed by atoms with E-state index in [-0.39, 0.29) is 24.5 Å². The van der Waals surface area contributed by atoms with Gasteiger partial charge in [0.2, 0.25) is 5.91 Å². The number of nitrogens with two attached hydrogens (primary N) is 1. The van der Waals surface area contributed by atoms with E-state index >= 15 is 0 Å². The molecule has 1 amide bonds.